The molecule has 6 heteroatoms. The van der Waals surface area contributed by atoms with Crippen LogP contribution >= 0.6 is 0 Å². The van der Waals surface area contributed by atoms with E-state index in [0.29, 0.717) is 24.5 Å². The molecule has 1 N–H and O–H groups in total. The quantitative estimate of drug-likeness (QED) is 0.898. The lowest BCUT2D eigenvalue weighted by Gasteiger charge is -2.25. The Balaban J connectivity index is 1.65. The maximum absolute atomic E-state index is 12.9. The van der Waals surface area contributed by atoms with E-state index in [1.807, 2.05) is 0 Å². The summed E-state index contributed by atoms with van der Waals surface area (Å²) >= 11 is 0. The zero-order valence-corrected chi connectivity index (χ0v) is 14.2. The number of sulfonamides is 1. The van der Waals surface area contributed by atoms with Gasteiger partial charge in [-0.05, 0) is 54.8 Å². The molecule has 0 atom stereocenters. The van der Waals surface area contributed by atoms with Gasteiger partial charge in [0.2, 0.25) is 10.0 Å². The molecule has 1 saturated heterocycles. The van der Waals surface area contributed by atoms with Crippen LogP contribution in [0.3, 0.4) is 0 Å². The van der Waals surface area contributed by atoms with Crippen molar-refractivity contribution in [1.82, 2.24) is 4.31 Å². The van der Waals surface area contributed by atoms with Crippen LogP contribution in [0.2, 0.25) is 0 Å². The van der Waals surface area contributed by atoms with Crippen molar-refractivity contribution in [3.05, 3.63) is 59.9 Å². The molecule has 1 fully saturated rings. The Kier molecular flexibility index (Phi) is 5.16. The van der Waals surface area contributed by atoms with Crippen LogP contribution in [0.1, 0.15) is 24.8 Å². The van der Waals surface area contributed by atoms with Gasteiger partial charge in [0, 0.05) is 25.3 Å². The SMILES string of the molecule is O=S(=O)(c1ccc(NCc2ccc(F)cc2)cc1)N1CCCCC1. The van der Waals surface area contributed by atoms with E-state index >= 15 is 0 Å². The highest BCUT2D eigenvalue weighted by atomic mass is 32.2. The van der Waals surface area contributed by atoms with Crippen LogP contribution in [-0.2, 0) is 16.6 Å². The minimum Gasteiger partial charge on any atom is -0.381 e. The van der Waals surface area contributed by atoms with Crippen molar-refractivity contribution in [1.29, 1.82) is 0 Å². The van der Waals surface area contributed by atoms with Gasteiger partial charge in [0.05, 0.1) is 4.90 Å². The minimum absolute atomic E-state index is 0.258. The van der Waals surface area contributed by atoms with Crippen molar-refractivity contribution in [2.45, 2.75) is 30.7 Å². The Morgan fingerprint density at radius 1 is 0.917 bits per heavy atom. The molecule has 1 heterocycles. The van der Waals surface area contributed by atoms with E-state index in [1.165, 1.54) is 12.1 Å². The van der Waals surface area contributed by atoms with Crippen molar-refractivity contribution in [2.24, 2.45) is 0 Å². The fourth-order valence-corrected chi connectivity index (χ4v) is 4.32. The fraction of sp³-hybridized carbons (Fsp3) is 0.333. The Bertz CT molecular complexity index is 768. The number of anilines is 1. The highest BCUT2D eigenvalue weighted by Crippen LogP contribution is 2.22. The third-order valence-corrected chi connectivity index (χ3v) is 6.13. The molecule has 128 valence electrons. The second-order valence-electron chi connectivity index (χ2n) is 5.97. The number of hydrogen-bond donors (Lipinski definition) is 1. The first kappa shape index (κ1) is 16.9. The molecule has 24 heavy (non-hydrogen) atoms. The van der Waals surface area contributed by atoms with Crippen LogP contribution in [0.5, 0.6) is 0 Å². The molecule has 0 unspecified atom stereocenters. The standard InChI is InChI=1S/C18H21FN2O2S/c19-16-6-4-15(5-7-16)14-20-17-8-10-18(11-9-17)24(22,23)21-12-2-1-3-13-21/h4-11,20H,1-3,12-14H2. The van der Waals surface area contributed by atoms with Crippen molar-refractivity contribution in [3.8, 4) is 0 Å². The Labute approximate surface area is 142 Å². The van der Waals surface area contributed by atoms with Gasteiger partial charge in [-0.25, -0.2) is 12.8 Å². The van der Waals surface area contributed by atoms with E-state index in [0.717, 1.165) is 30.5 Å². The minimum atomic E-state index is -3.39. The molecule has 4 nitrogen and oxygen atoms in total. The van der Waals surface area contributed by atoms with E-state index < -0.39 is 10.0 Å². The van der Waals surface area contributed by atoms with Crippen LogP contribution < -0.4 is 5.32 Å². The lowest BCUT2D eigenvalue weighted by molar-refractivity contribution is 0.346. The maximum atomic E-state index is 12.9. The molecule has 2 aromatic carbocycles. The summed E-state index contributed by atoms with van der Waals surface area (Å²) in [7, 11) is -3.39. The number of nitrogens with one attached hydrogen (secondary N) is 1. The second-order valence-corrected chi connectivity index (χ2v) is 7.91. The van der Waals surface area contributed by atoms with E-state index in [4.69, 9.17) is 0 Å². The van der Waals surface area contributed by atoms with Gasteiger partial charge in [0.1, 0.15) is 5.82 Å². The Morgan fingerprint density at radius 2 is 1.54 bits per heavy atom. The first-order chi connectivity index (χ1) is 11.6. The summed E-state index contributed by atoms with van der Waals surface area (Å²) in [4.78, 5) is 0.330. The summed E-state index contributed by atoms with van der Waals surface area (Å²) in [6.07, 6.45) is 2.95. The van der Waals surface area contributed by atoms with Crippen LogP contribution in [0.15, 0.2) is 53.4 Å². The molecule has 2 aromatic rings. The van der Waals surface area contributed by atoms with E-state index in [9.17, 15) is 12.8 Å². The van der Waals surface area contributed by atoms with Crippen LogP contribution in [0.25, 0.3) is 0 Å². The van der Waals surface area contributed by atoms with Crippen molar-refractivity contribution in [3.63, 3.8) is 0 Å². The number of halogens is 1. The molecule has 1 aliphatic heterocycles. The fourth-order valence-electron chi connectivity index (χ4n) is 2.81. The van der Waals surface area contributed by atoms with Crippen LogP contribution in [-0.4, -0.2) is 25.8 Å². The monoisotopic (exact) mass is 348 g/mol. The highest BCUT2D eigenvalue weighted by molar-refractivity contribution is 7.89. The topological polar surface area (TPSA) is 49.4 Å². The van der Waals surface area contributed by atoms with Crippen molar-refractivity contribution < 1.29 is 12.8 Å². The van der Waals surface area contributed by atoms with Crippen molar-refractivity contribution >= 4 is 15.7 Å². The number of rotatable bonds is 5. The van der Waals surface area contributed by atoms with E-state index in [2.05, 4.69) is 5.32 Å². The summed E-state index contributed by atoms with van der Waals surface area (Å²) in [5.74, 6) is -0.258. The molecular formula is C18H21FN2O2S. The number of hydrogen-bond acceptors (Lipinski definition) is 3. The van der Waals surface area contributed by atoms with Gasteiger partial charge in [-0.3, -0.25) is 0 Å². The normalized spacial score (nSPS) is 16.0. The number of nitrogens with zero attached hydrogens (tertiary/aromatic N) is 1. The van der Waals surface area contributed by atoms with Gasteiger partial charge in [0.15, 0.2) is 0 Å². The summed E-state index contributed by atoms with van der Waals surface area (Å²) in [5.41, 5.74) is 1.79. The van der Waals surface area contributed by atoms with Gasteiger partial charge in [-0.1, -0.05) is 18.6 Å². The first-order valence-electron chi connectivity index (χ1n) is 8.14. The molecular weight excluding hydrogens is 327 g/mol. The Hall–Kier alpha value is -1.92. The lowest BCUT2D eigenvalue weighted by atomic mass is 10.2. The molecule has 0 aromatic heterocycles. The third kappa shape index (κ3) is 3.94. The molecule has 0 saturated carbocycles. The predicted octanol–water partition coefficient (Wildman–Crippen LogP) is 3.61. The zero-order chi connectivity index (χ0) is 17.0. The molecule has 0 spiro atoms. The van der Waals surface area contributed by atoms with Crippen molar-refractivity contribution in [2.75, 3.05) is 18.4 Å². The third-order valence-electron chi connectivity index (χ3n) is 4.22. The summed E-state index contributed by atoms with van der Waals surface area (Å²) < 4.78 is 39.6. The maximum Gasteiger partial charge on any atom is 0.243 e. The highest BCUT2D eigenvalue weighted by Gasteiger charge is 2.25. The van der Waals surface area contributed by atoms with Gasteiger partial charge < -0.3 is 5.32 Å². The molecule has 0 bridgehead atoms. The number of piperidine rings is 1. The summed E-state index contributed by atoms with van der Waals surface area (Å²) in [6.45, 7) is 1.76. The average Bonchev–Trinajstić information content (AvgIpc) is 2.62. The van der Waals surface area contributed by atoms with Gasteiger partial charge in [-0.15, -0.1) is 0 Å². The smallest absolute Gasteiger partial charge is 0.243 e. The molecule has 3 rings (SSSR count). The number of benzene rings is 2. The zero-order valence-electron chi connectivity index (χ0n) is 13.4. The largest absolute Gasteiger partial charge is 0.381 e. The molecule has 0 radical (unpaired) electrons. The predicted molar refractivity (Wildman–Crippen MR) is 92.8 cm³/mol. The van der Waals surface area contributed by atoms with Crippen LogP contribution in [0, 0.1) is 5.82 Å². The summed E-state index contributed by atoms with van der Waals surface area (Å²) in [6, 6.07) is 13.1. The lowest BCUT2D eigenvalue weighted by Crippen LogP contribution is -2.35. The second kappa shape index (κ2) is 7.32. The van der Waals surface area contributed by atoms with Gasteiger partial charge in [-0.2, -0.15) is 4.31 Å². The van der Waals surface area contributed by atoms with Gasteiger partial charge >= 0.3 is 0 Å². The first-order valence-corrected chi connectivity index (χ1v) is 9.58. The molecule has 0 aliphatic carbocycles. The molecule has 0 amide bonds. The van der Waals surface area contributed by atoms with Crippen LogP contribution in [0.4, 0.5) is 10.1 Å². The molecule has 1 aliphatic rings. The van der Waals surface area contributed by atoms with Gasteiger partial charge in [0.25, 0.3) is 0 Å². The summed E-state index contributed by atoms with van der Waals surface area (Å²) in [5, 5.41) is 3.21. The van der Waals surface area contributed by atoms with E-state index in [1.54, 1.807) is 40.7 Å². The average molecular weight is 348 g/mol. The van der Waals surface area contributed by atoms with E-state index in [-0.39, 0.29) is 5.82 Å². The Morgan fingerprint density at radius 3 is 2.17 bits per heavy atom.